The van der Waals surface area contributed by atoms with Crippen LogP contribution < -0.4 is 10.2 Å². The predicted molar refractivity (Wildman–Crippen MR) is 102 cm³/mol. The van der Waals surface area contributed by atoms with Crippen molar-refractivity contribution in [1.29, 1.82) is 0 Å². The third kappa shape index (κ3) is 5.57. The molecule has 0 aliphatic carbocycles. The smallest absolute Gasteiger partial charge is 0.193 e. The number of anilines is 1. The Morgan fingerprint density at radius 3 is 2.67 bits per heavy atom. The van der Waals surface area contributed by atoms with Gasteiger partial charge in [0.25, 0.3) is 0 Å². The second-order valence-corrected chi connectivity index (χ2v) is 6.02. The highest BCUT2D eigenvalue weighted by Crippen LogP contribution is 2.16. The molecular weight excluding hydrogens is 300 g/mol. The van der Waals surface area contributed by atoms with Crippen LogP contribution in [0.25, 0.3) is 0 Å². The van der Waals surface area contributed by atoms with Crippen molar-refractivity contribution in [3.63, 3.8) is 0 Å². The molecule has 24 heavy (non-hydrogen) atoms. The van der Waals surface area contributed by atoms with Crippen LogP contribution in [0.4, 0.5) is 5.69 Å². The van der Waals surface area contributed by atoms with E-state index >= 15 is 0 Å². The molecule has 1 saturated heterocycles. The number of unbranched alkanes of at least 4 members (excludes halogenated alkanes) is 1. The predicted octanol–water partition coefficient (Wildman–Crippen LogP) is 2.50. The summed E-state index contributed by atoms with van der Waals surface area (Å²) in [6, 6.07) is 8.75. The van der Waals surface area contributed by atoms with Gasteiger partial charge in [-0.15, -0.1) is 6.58 Å². The molecule has 1 aromatic carbocycles. The van der Waals surface area contributed by atoms with Crippen LogP contribution in [-0.2, 0) is 11.3 Å². The maximum Gasteiger partial charge on any atom is 0.193 e. The molecule has 132 valence electrons. The van der Waals surface area contributed by atoms with Crippen molar-refractivity contribution >= 4 is 11.6 Å². The van der Waals surface area contributed by atoms with Gasteiger partial charge in [-0.2, -0.15) is 0 Å². The first-order valence-electron chi connectivity index (χ1n) is 8.69. The minimum atomic E-state index is 0.780. The summed E-state index contributed by atoms with van der Waals surface area (Å²) in [5, 5.41) is 3.43. The van der Waals surface area contributed by atoms with Crippen LogP contribution in [0.2, 0.25) is 0 Å². The third-order valence-corrected chi connectivity index (χ3v) is 4.24. The van der Waals surface area contributed by atoms with Gasteiger partial charge in [0.1, 0.15) is 0 Å². The molecule has 1 N–H and O–H groups in total. The van der Waals surface area contributed by atoms with E-state index in [1.807, 2.05) is 13.1 Å². The summed E-state index contributed by atoms with van der Waals surface area (Å²) in [4.78, 5) is 8.88. The van der Waals surface area contributed by atoms with E-state index in [0.717, 1.165) is 58.2 Å². The first kappa shape index (κ1) is 18.3. The van der Waals surface area contributed by atoms with Gasteiger partial charge in [-0.1, -0.05) is 18.2 Å². The van der Waals surface area contributed by atoms with E-state index in [-0.39, 0.29) is 0 Å². The number of aliphatic imine (C=N–C) groups is 1. The third-order valence-electron chi connectivity index (χ3n) is 4.24. The summed E-state index contributed by atoms with van der Waals surface area (Å²) in [5.74, 6) is 0.927. The first-order chi connectivity index (χ1) is 11.7. The Bertz CT molecular complexity index is 521. The van der Waals surface area contributed by atoms with Crippen molar-refractivity contribution in [3.05, 3.63) is 42.5 Å². The maximum absolute atomic E-state index is 5.40. The Balaban J connectivity index is 1.82. The molecule has 1 heterocycles. The summed E-state index contributed by atoms with van der Waals surface area (Å²) in [6.07, 6.45) is 4.08. The van der Waals surface area contributed by atoms with Crippen LogP contribution in [-0.4, -0.2) is 57.8 Å². The van der Waals surface area contributed by atoms with Gasteiger partial charge in [0.05, 0.1) is 13.2 Å². The number of nitrogens with one attached hydrogen (secondary N) is 1. The molecule has 5 nitrogen and oxygen atoms in total. The van der Waals surface area contributed by atoms with Crippen molar-refractivity contribution in [1.82, 2.24) is 10.2 Å². The molecule has 0 spiro atoms. The highest BCUT2D eigenvalue weighted by Gasteiger charge is 2.11. The summed E-state index contributed by atoms with van der Waals surface area (Å²) in [5.41, 5.74) is 2.53. The SMILES string of the molecule is C=CCCCN(C)C(=NC)NCc1ccc(N2CCOCC2)cc1. The number of nitrogens with zero attached hydrogens (tertiary/aromatic N) is 3. The lowest BCUT2D eigenvalue weighted by atomic mass is 10.2. The average molecular weight is 330 g/mol. The van der Waals surface area contributed by atoms with Crippen molar-refractivity contribution in [2.75, 3.05) is 51.8 Å². The van der Waals surface area contributed by atoms with E-state index in [1.54, 1.807) is 0 Å². The lowest BCUT2D eigenvalue weighted by molar-refractivity contribution is 0.122. The van der Waals surface area contributed by atoms with Gasteiger partial charge >= 0.3 is 0 Å². The van der Waals surface area contributed by atoms with Crippen LogP contribution in [0.5, 0.6) is 0 Å². The normalized spacial score (nSPS) is 15.2. The van der Waals surface area contributed by atoms with Gasteiger partial charge in [-0.05, 0) is 30.5 Å². The van der Waals surface area contributed by atoms with Gasteiger partial charge in [-0.3, -0.25) is 4.99 Å². The van der Waals surface area contributed by atoms with Gasteiger partial charge in [0.15, 0.2) is 5.96 Å². The summed E-state index contributed by atoms with van der Waals surface area (Å²) in [6.45, 7) is 9.10. The molecule has 2 rings (SSSR count). The standard InChI is InChI=1S/C19H30N4O/c1-4-5-6-11-22(3)19(20-2)21-16-17-7-9-18(10-8-17)23-12-14-24-15-13-23/h4,7-10H,1,5-6,11-16H2,2-3H3,(H,20,21). The van der Waals surface area contributed by atoms with Crippen molar-refractivity contribution in [2.45, 2.75) is 19.4 Å². The molecule has 0 radical (unpaired) electrons. The topological polar surface area (TPSA) is 40.1 Å². The van der Waals surface area contributed by atoms with Gasteiger partial charge in [-0.25, -0.2) is 0 Å². The number of allylic oxidation sites excluding steroid dienone is 1. The van der Waals surface area contributed by atoms with E-state index in [9.17, 15) is 0 Å². The van der Waals surface area contributed by atoms with E-state index in [2.05, 4.69) is 58.0 Å². The fourth-order valence-corrected chi connectivity index (χ4v) is 2.79. The van der Waals surface area contributed by atoms with E-state index in [4.69, 9.17) is 4.74 Å². The number of hydrogen-bond acceptors (Lipinski definition) is 3. The molecule has 1 fully saturated rings. The van der Waals surface area contributed by atoms with Crippen molar-refractivity contribution in [2.24, 2.45) is 4.99 Å². The number of rotatable bonds is 7. The average Bonchev–Trinajstić information content (AvgIpc) is 2.64. The number of hydrogen-bond donors (Lipinski definition) is 1. The Morgan fingerprint density at radius 1 is 1.33 bits per heavy atom. The van der Waals surface area contributed by atoms with E-state index < -0.39 is 0 Å². The van der Waals surface area contributed by atoms with Crippen LogP contribution in [0.1, 0.15) is 18.4 Å². The second-order valence-electron chi connectivity index (χ2n) is 6.02. The van der Waals surface area contributed by atoms with Gasteiger partial charge < -0.3 is 19.9 Å². The number of benzene rings is 1. The molecule has 0 bridgehead atoms. The van der Waals surface area contributed by atoms with Gasteiger partial charge in [0, 0.05) is 46.0 Å². The molecule has 1 aliphatic heterocycles. The largest absolute Gasteiger partial charge is 0.378 e. The van der Waals surface area contributed by atoms with E-state index in [1.165, 1.54) is 11.3 Å². The first-order valence-corrected chi connectivity index (χ1v) is 8.69. The summed E-state index contributed by atoms with van der Waals surface area (Å²) in [7, 11) is 3.90. The van der Waals surface area contributed by atoms with Crippen molar-refractivity contribution < 1.29 is 4.74 Å². The molecule has 1 aliphatic rings. The number of guanidine groups is 1. The van der Waals surface area contributed by atoms with Crippen LogP contribution in [0.3, 0.4) is 0 Å². The zero-order valence-corrected chi connectivity index (χ0v) is 15.0. The quantitative estimate of drug-likeness (QED) is 0.361. The highest BCUT2D eigenvalue weighted by molar-refractivity contribution is 5.79. The zero-order valence-electron chi connectivity index (χ0n) is 15.0. The Kier molecular flexibility index (Phi) is 7.62. The lowest BCUT2D eigenvalue weighted by Gasteiger charge is -2.29. The van der Waals surface area contributed by atoms with Crippen LogP contribution in [0.15, 0.2) is 41.9 Å². The summed E-state index contributed by atoms with van der Waals surface area (Å²) >= 11 is 0. The van der Waals surface area contributed by atoms with Crippen LogP contribution >= 0.6 is 0 Å². The molecular formula is C19H30N4O. The number of ether oxygens (including phenoxy) is 1. The second kappa shape index (κ2) is 9.98. The molecule has 0 aromatic heterocycles. The molecule has 5 heteroatoms. The highest BCUT2D eigenvalue weighted by atomic mass is 16.5. The maximum atomic E-state index is 5.40. The number of morpholine rings is 1. The molecule has 0 atom stereocenters. The fraction of sp³-hybridized carbons (Fsp3) is 0.526. The van der Waals surface area contributed by atoms with E-state index in [0.29, 0.717) is 0 Å². The molecule has 0 saturated carbocycles. The zero-order chi connectivity index (χ0) is 17.2. The Labute approximate surface area is 146 Å². The molecule has 1 aromatic rings. The van der Waals surface area contributed by atoms with Gasteiger partial charge in [0.2, 0.25) is 0 Å². The fourth-order valence-electron chi connectivity index (χ4n) is 2.79. The monoisotopic (exact) mass is 330 g/mol. The summed E-state index contributed by atoms with van der Waals surface area (Å²) < 4.78 is 5.40. The Hall–Kier alpha value is -2.01. The van der Waals surface area contributed by atoms with Crippen LogP contribution in [0, 0.1) is 0 Å². The lowest BCUT2D eigenvalue weighted by Crippen LogP contribution is -2.39. The van der Waals surface area contributed by atoms with Crippen molar-refractivity contribution in [3.8, 4) is 0 Å². The Morgan fingerprint density at radius 2 is 2.04 bits per heavy atom. The minimum absolute atomic E-state index is 0.780. The molecule has 0 amide bonds. The molecule has 0 unspecified atom stereocenters. The minimum Gasteiger partial charge on any atom is -0.378 e.